The maximum Gasteiger partial charge on any atom is 0.130 e. The molecular weight excluding hydrogens is 262 g/mol. The molecule has 0 amide bonds. The second kappa shape index (κ2) is 6.16. The highest BCUT2D eigenvalue weighted by Gasteiger charge is 2.27. The second-order valence-corrected chi connectivity index (χ2v) is 5.58. The molecule has 1 saturated heterocycles. The van der Waals surface area contributed by atoms with Gasteiger partial charge in [-0.2, -0.15) is 0 Å². The van der Waals surface area contributed by atoms with E-state index in [0.29, 0.717) is 32.3 Å². The summed E-state index contributed by atoms with van der Waals surface area (Å²) in [4.78, 5) is 2.11. The Bertz CT molecular complexity index is 445. The fourth-order valence-electron chi connectivity index (χ4n) is 2.56. The summed E-state index contributed by atoms with van der Waals surface area (Å²) < 4.78 is 33.0. The largest absolute Gasteiger partial charge is 0.378 e. The van der Waals surface area contributed by atoms with Crippen molar-refractivity contribution in [2.45, 2.75) is 31.5 Å². The first kappa shape index (κ1) is 13.9. The van der Waals surface area contributed by atoms with E-state index in [1.54, 1.807) is 0 Å². The molecule has 0 aromatic heterocycles. The van der Waals surface area contributed by atoms with Crippen LogP contribution >= 0.6 is 0 Å². The van der Waals surface area contributed by atoms with E-state index in [0.717, 1.165) is 6.54 Å². The van der Waals surface area contributed by atoms with Crippen LogP contribution in [0.15, 0.2) is 18.2 Å². The minimum atomic E-state index is -0.467. The minimum Gasteiger partial charge on any atom is -0.378 e. The van der Waals surface area contributed by atoms with Crippen LogP contribution in [0.1, 0.15) is 18.4 Å². The summed E-state index contributed by atoms with van der Waals surface area (Å²) in [6.45, 7) is 3.08. The summed E-state index contributed by atoms with van der Waals surface area (Å²) in [5.41, 5.74) is 0.158. The maximum absolute atomic E-state index is 13.7. The van der Waals surface area contributed by atoms with Crippen molar-refractivity contribution >= 4 is 0 Å². The van der Waals surface area contributed by atoms with E-state index >= 15 is 0 Å². The van der Waals surface area contributed by atoms with E-state index in [4.69, 9.17) is 4.74 Å². The molecule has 2 aliphatic rings. The Morgan fingerprint density at radius 2 is 2.00 bits per heavy atom. The van der Waals surface area contributed by atoms with Crippen LogP contribution < -0.4 is 5.32 Å². The molecule has 1 atom stereocenters. The quantitative estimate of drug-likeness (QED) is 0.893. The molecule has 1 aliphatic carbocycles. The van der Waals surface area contributed by atoms with Crippen LogP contribution in [0.2, 0.25) is 0 Å². The van der Waals surface area contributed by atoms with Crippen molar-refractivity contribution in [3.8, 4) is 0 Å². The monoisotopic (exact) mass is 282 g/mol. The van der Waals surface area contributed by atoms with Crippen LogP contribution in [0.4, 0.5) is 8.78 Å². The number of nitrogens with one attached hydrogen (secondary N) is 1. The van der Waals surface area contributed by atoms with Gasteiger partial charge in [-0.15, -0.1) is 0 Å². The van der Waals surface area contributed by atoms with Crippen LogP contribution in [0.3, 0.4) is 0 Å². The zero-order valence-corrected chi connectivity index (χ0v) is 11.4. The lowest BCUT2D eigenvalue weighted by molar-refractivity contribution is -0.0119. The Morgan fingerprint density at radius 1 is 1.25 bits per heavy atom. The van der Waals surface area contributed by atoms with E-state index in [2.05, 4.69) is 10.2 Å². The summed E-state index contributed by atoms with van der Waals surface area (Å²) in [7, 11) is 0. The number of benzene rings is 1. The van der Waals surface area contributed by atoms with Gasteiger partial charge in [0.25, 0.3) is 0 Å². The van der Waals surface area contributed by atoms with Crippen molar-refractivity contribution in [1.29, 1.82) is 0 Å². The lowest BCUT2D eigenvalue weighted by atomic mass is 10.1. The zero-order valence-electron chi connectivity index (χ0n) is 11.4. The molecule has 1 N–H and O–H groups in total. The fourth-order valence-corrected chi connectivity index (χ4v) is 2.56. The van der Waals surface area contributed by atoms with Gasteiger partial charge >= 0.3 is 0 Å². The summed E-state index contributed by atoms with van der Waals surface area (Å²) in [6.07, 6.45) is 2.46. The first-order valence-corrected chi connectivity index (χ1v) is 7.22. The van der Waals surface area contributed by atoms with Gasteiger partial charge in [-0.3, -0.25) is 4.90 Å². The molecule has 0 radical (unpaired) electrons. The van der Waals surface area contributed by atoms with Crippen LogP contribution in [-0.2, 0) is 11.3 Å². The van der Waals surface area contributed by atoms with Crippen LogP contribution in [0.5, 0.6) is 0 Å². The number of hydrogen-bond acceptors (Lipinski definition) is 3. The lowest BCUT2D eigenvalue weighted by Crippen LogP contribution is -2.50. The highest BCUT2D eigenvalue weighted by Crippen LogP contribution is 2.21. The van der Waals surface area contributed by atoms with Crippen LogP contribution in [0.25, 0.3) is 0 Å². The molecule has 1 aliphatic heterocycles. The molecule has 1 saturated carbocycles. The fraction of sp³-hybridized carbons (Fsp3) is 0.600. The van der Waals surface area contributed by atoms with Crippen molar-refractivity contribution in [3.05, 3.63) is 35.4 Å². The van der Waals surface area contributed by atoms with Crippen molar-refractivity contribution in [1.82, 2.24) is 10.2 Å². The second-order valence-electron chi connectivity index (χ2n) is 5.58. The summed E-state index contributed by atoms with van der Waals surface area (Å²) in [6, 6.07) is 4.85. The number of morpholine rings is 1. The molecular formula is C15H20F2N2O. The third kappa shape index (κ3) is 3.34. The number of hydrogen-bond donors (Lipinski definition) is 1. The molecule has 1 heterocycles. The van der Waals surface area contributed by atoms with Crippen LogP contribution in [0, 0.1) is 11.6 Å². The highest BCUT2D eigenvalue weighted by molar-refractivity contribution is 5.19. The van der Waals surface area contributed by atoms with E-state index in [1.165, 1.54) is 31.0 Å². The zero-order chi connectivity index (χ0) is 13.9. The Kier molecular flexibility index (Phi) is 4.29. The molecule has 20 heavy (non-hydrogen) atoms. The topological polar surface area (TPSA) is 24.5 Å². The smallest absolute Gasteiger partial charge is 0.130 e. The molecule has 110 valence electrons. The maximum atomic E-state index is 13.7. The lowest BCUT2D eigenvalue weighted by Gasteiger charge is -2.36. The standard InChI is InChI=1S/C15H20F2N2O/c16-14-2-1-3-15(17)13(14)9-19-6-7-20-10-12(19)8-18-11-4-5-11/h1-3,11-12,18H,4-10H2. The molecule has 5 heteroatoms. The van der Waals surface area contributed by atoms with Gasteiger partial charge in [0.1, 0.15) is 11.6 Å². The minimum absolute atomic E-state index is 0.158. The number of rotatable bonds is 5. The van der Waals surface area contributed by atoms with E-state index in [1.807, 2.05) is 0 Å². The van der Waals surface area contributed by atoms with Gasteiger partial charge in [-0.1, -0.05) is 6.07 Å². The first-order chi connectivity index (χ1) is 9.74. The van der Waals surface area contributed by atoms with Gasteiger partial charge < -0.3 is 10.1 Å². The van der Waals surface area contributed by atoms with Gasteiger partial charge in [0.05, 0.1) is 13.2 Å². The average molecular weight is 282 g/mol. The third-order valence-corrected chi connectivity index (χ3v) is 3.99. The van der Waals surface area contributed by atoms with E-state index in [9.17, 15) is 8.78 Å². The summed E-state index contributed by atoms with van der Waals surface area (Å²) in [5, 5.41) is 3.46. The number of ether oxygens (including phenoxy) is 1. The Labute approximate surface area is 117 Å². The number of halogens is 2. The molecule has 1 aromatic rings. The van der Waals surface area contributed by atoms with Crippen LogP contribution in [-0.4, -0.2) is 43.3 Å². The van der Waals surface area contributed by atoms with E-state index < -0.39 is 11.6 Å². The normalized spacial score (nSPS) is 24.0. The van der Waals surface area contributed by atoms with Gasteiger partial charge in [-0.25, -0.2) is 8.78 Å². The Hall–Kier alpha value is -1.04. The van der Waals surface area contributed by atoms with Gasteiger partial charge in [0.2, 0.25) is 0 Å². The first-order valence-electron chi connectivity index (χ1n) is 7.22. The SMILES string of the molecule is Fc1cccc(F)c1CN1CCOCC1CNC1CC1. The predicted molar refractivity (Wildman–Crippen MR) is 72.4 cm³/mol. The molecule has 1 aromatic carbocycles. The Morgan fingerprint density at radius 3 is 2.70 bits per heavy atom. The van der Waals surface area contributed by atoms with Crippen molar-refractivity contribution in [2.75, 3.05) is 26.3 Å². The van der Waals surface area contributed by atoms with Crippen molar-refractivity contribution in [2.24, 2.45) is 0 Å². The molecule has 3 nitrogen and oxygen atoms in total. The number of nitrogens with zero attached hydrogens (tertiary/aromatic N) is 1. The third-order valence-electron chi connectivity index (χ3n) is 3.99. The molecule has 1 unspecified atom stereocenters. The predicted octanol–water partition coefficient (Wildman–Crippen LogP) is 1.92. The van der Waals surface area contributed by atoms with Crippen molar-refractivity contribution < 1.29 is 13.5 Å². The summed E-state index contributed by atoms with van der Waals surface area (Å²) >= 11 is 0. The molecule has 2 fully saturated rings. The van der Waals surface area contributed by atoms with Crippen molar-refractivity contribution in [3.63, 3.8) is 0 Å². The molecule has 0 bridgehead atoms. The molecule has 0 spiro atoms. The highest BCUT2D eigenvalue weighted by atomic mass is 19.1. The molecule has 3 rings (SSSR count). The van der Waals surface area contributed by atoms with E-state index in [-0.39, 0.29) is 11.6 Å². The average Bonchev–Trinajstić information content (AvgIpc) is 3.26. The van der Waals surface area contributed by atoms with Gasteiger partial charge in [0, 0.05) is 37.3 Å². The van der Waals surface area contributed by atoms with Gasteiger partial charge in [0.15, 0.2) is 0 Å². The Balaban J connectivity index is 1.66. The summed E-state index contributed by atoms with van der Waals surface area (Å²) in [5.74, 6) is -0.934. The van der Waals surface area contributed by atoms with Gasteiger partial charge in [-0.05, 0) is 25.0 Å².